The number of halogens is 1. The molecule has 1 heterocycles. The SMILES string of the molecule is Cn1ccnc1[C@H](NS(=O)(=O)c1ccc(C#N)cc1)c1cccc(F)c1. The molecule has 0 saturated heterocycles. The third-order valence-corrected chi connectivity index (χ3v) is 5.30. The zero-order valence-corrected chi connectivity index (χ0v) is 14.6. The van der Waals surface area contributed by atoms with Crippen LogP contribution in [0.15, 0.2) is 65.8 Å². The second kappa shape index (κ2) is 7.07. The van der Waals surface area contributed by atoms with Gasteiger partial charge in [0.15, 0.2) is 0 Å². The van der Waals surface area contributed by atoms with Gasteiger partial charge in [-0.15, -0.1) is 0 Å². The molecule has 3 aromatic rings. The first-order chi connectivity index (χ1) is 12.4. The Labute approximate surface area is 150 Å². The maximum absolute atomic E-state index is 13.7. The number of nitriles is 1. The number of hydrogen-bond donors (Lipinski definition) is 1. The number of sulfonamides is 1. The molecule has 0 aliphatic rings. The molecule has 8 heteroatoms. The van der Waals surface area contributed by atoms with E-state index in [1.54, 1.807) is 23.9 Å². The number of imidazole rings is 1. The third-order valence-electron chi connectivity index (χ3n) is 3.87. The lowest BCUT2D eigenvalue weighted by atomic mass is 10.1. The van der Waals surface area contributed by atoms with Crippen LogP contribution in [0.2, 0.25) is 0 Å². The summed E-state index contributed by atoms with van der Waals surface area (Å²) in [6.45, 7) is 0. The molecule has 0 amide bonds. The Hall–Kier alpha value is -3.02. The van der Waals surface area contributed by atoms with Gasteiger partial charge in [0.1, 0.15) is 17.7 Å². The quantitative estimate of drug-likeness (QED) is 0.747. The van der Waals surface area contributed by atoms with Crippen molar-refractivity contribution >= 4 is 10.0 Å². The summed E-state index contributed by atoms with van der Waals surface area (Å²) >= 11 is 0. The first kappa shape index (κ1) is 17.8. The fourth-order valence-electron chi connectivity index (χ4n) is 2.54. The van der Waals surface area contributed by atoms with Crippen molar-refractivity contribution in [1.82, 2.24) is 14.3 Å². The minimum absolute atomic E-state index is 0.00659. The molecule has 0 spiro atoms. The van der Waals surface area contributed by atoms with Gasteiger partial charge in [-0.25, -0.2) is 17.8 Å². The van der Waals surface area contributed by atoms with E-state index in [9.17, 15) is 12.8 Å². The zero-order valence-electron chi connectivity index (χ0n) is 13.8. The van der Waals surface area contributed by atoms with Crippen molar-refractivity contribution in [1.29, 1.82) is 5.26 Å². The van der Waals surface area contributed by atoms with E-state index in [0.717, 1.165) is 0 Å². The van der Waals surface area contributed by atoms with E-state index >= 15 is 0 Å². The summed E-state index contributed by atoms with van der Waals surface area (Å²) in [4.78, 5) is 4.20. The fourth-order valence-corrected chi connectivity index (χ4v) is 3.73. The van der Waals surface area contributed by atoms with E-state index in [0.29, 0.717) is 17.0 Å². The summed E-state index contributed by atoms with van der Waals surface area (Å²) in [6, 6.07) is 12.3. The maximum atomic E-state index is 13.7. The number of rotatable bonds is 5. The average Bonchev–Trinajstić information content (AvgIpc) is 3.05. The van der Waals surface area contributed by atoms with Crippen molar-refractivity contribution in [3.8, 4) is 6.07 Å². The molecule has 0 radical (unpaired) electrons. The molecule has 0 aliphatic heterocycles. The molecular formula is C18H15FN4O2S. The van der Waals surface area contributed by atoms with Crippen LogP contribution in [-0.2, 0) is 17.1 Å². The molecule has 0 fully saturated rings. The monoisotopic (exact) mass is 370 g/mol. The number of benzene rings is 2. The second-order valence-electron chi connectivity index (χ2n) is 5.64. The molecule has 1 atom stereocenters. The van der Waals surface area contributed by atoms with Crippen molar-refractivity contribution in [2.45, 2.75) is 10.9 Å². The average molecular weight is 370 g/mol. The molecule has 2 aromatic carbocycles. The van der Waals surface area contributed by atoms with Gasteiger partial charge in [0.25, 0.3) is 0 Å². The van der Waals surface area contributed by atoms with Crippen LogP contribution in [0, 0.1) is 17.1 Å². The third kappa shape index (κ3) is 3.64. The minimum Gasteiger partial charge on any atom is -0.336 e. The Bertz CT molecular complexity index is 1070. The number of nitrogens with one attached hydrogen (secondary N) is 1. The molecule has 0 aliphatic carbocycles. The second-order valence-corrected chi connectivity index (χ2v) is 7.36. The van der Waals surface area contributed by atoms with Gasteiger partial charge in [-0.1, -0.05) is 12.1 Å². The van der Waals surface area contributed by atoms with E-state index in [1.807, 2.05) is 6.07 Å². The molecule has 6 nitrogen and oxygen atoms in total. The van der Waals surface area contributed by atoms with Crippen LogP contribution >= 0.6 is 0 Å². The number of aryl methyl sites for hydroxylation is 1. The molecule has 132 valence electrons. The van der Waals surface area contributed by atoms with Crippen LogP contribution in [0.3, 0.4) is 0 Å². The van der Waals surface area contributed by atoms with E-state index in [-0.39, 0.29) is 4.90 Å². The van der Waals surface area contributed by atoms with Crippen LogP contribution < -0.4 is 4.72 Å². The molecule has 0 unspecified atom stereocenters. The van der Waals surface area contributed by atoms with E-state index in [4.69, 9.17) is 5.26 Å². The number of nitrogens with zero attached hydrogens (tertiary/aromatic N) is 3. The summed E-state index contributed by atoms with van der Waals surface area (Å²) in [5, 5.41) is 8.85. The smallest absolute Gasteiger partial charge is 0.241 e. The molecular weight excluding hydrogens is 355 g/mol. The van der Waals surface area contributed by atoms with Crippen LogP contribution in [0.25, 0.3) is 0 Å². The van der Waals surface area contributed by atoms with Gasteiger partial charge < -0.3 is 4.57 Å². The lowest BCUT2D eigenvalue weighted by molar-refractivity contribution is 0.560. The Morgan fingerprint density at radius 1 is 1.23 bits per heavy atom. The minimum atomic E-state index is -3.92. The van der Waals surface area contributed by atoms with E-state index < -0.39 is 21.9 Å². The first-order valence-electron chi connectivity index (χ1n) is 7.66. The summed E-state index contributed by atoms with van der Waals surface area (Å²) in [7, 11) is -2.20. The molecule has 1 aromatic heterocycles. The molecule has 0 bridgehead atoms. The van der Waals surface area contributed by atoms with Crippen LogP contribution in [0.4, 0.5) is 4.39 Å². The molecule has 0 saturated carbocycles. The largest absolute Gasteiger partial charge is 0.336 e. The van der Waals surface area contributed by atoms with E-state index in [2.05, 4.69) is 9.71 Å². The Kier molecular flexibility index (Phi) is 4.84. The van der Waals surface area contributed by atoms with Crippen molar-refractivity contribution in [2.75, 3.05) is 0 Å². The normalized spacial score (nSPS) is 12.5. The highest BCUT2D eigenvalue weighted by Gasteiger charge is 2.26. The topological polar surface area (TPSA) is 87.8 Å². The predicted octanol–water partition coefficient (Wildman–Crippen LogP) is 2.50. The summed E-state index contributed by atoms with van der Waals surface area (Å²) in [6.07, 6.45) is 3.22. The number of hydrogen-bond acceptors (Lipinski definition) is 4. The maximum Gasteiger partial charge on any atom is 0.241 e. The van der Waals surface area contributed by atoms with Gasteiger partial charge in [-0.2, -0.15) is 9.98 Å². The zero-order chi connectivity index (χ0) is 18.7. The van der Waals surface area contributed by atoms with Gasteiger partial charge in [-0.3, -0.25) is 0 Å². The summed E-state index contributed by atoms with van der Waals surface area (Å²) in [5.41, 5.74) is 0.784. The summed E-state index contributed by atoms with van der Waals surface area (Å²) in [5.74, 6) is -0.0490. The van der Waals surface area contributed by atoms with Gasteiger partial charge in [0.2, 0.25) is 10.0 Å². The molecule has 26 heavy (non-hydrogen) atoms. The fraction of sp³-hybridized carbons (Fsp3) is 0.111. The van der Waals surface area contributed by atoms with Gasteiger partial charge in [-0.05, 0) is 42.0 Å². The highest BCUT2D eigenvalue weighted by atomic mass is 32.2. The standard InChI is InChI=1S/C18H15FN4O2S/c1-23-10-9-21-18(23)17(14-3-2-4-15(19)11-14)22-26(24,25)16-7-5-13(12-20)6-8-16/h2-11,17,22H,1H3/t17-/m1/s1. The van der Waals surface area contributed by atoms with Crippen LogP contribution in [0.1, 0.15) is 23.0 Å². The highest BCUT2D eigenvalue weighted by Crippen LogP contribution is 2.24. The van der Waals surface area contributed by atoms with Crippen molar-refractivity contribution in [3.63, 3.8) is 0 Å². The van der Waals surface area contributed by atoms with Crippen molar-refractivity contribution < 1.29 is 12.8 Å². The van der Waals surface area contributed by atoms with Crippen molar-refractivity contribution in [2.24, 2.45) is 7.05 Å². The lowest BCUT2D eigenvalue weighted by Crippen LogP contribution is -2.31. The molecule has 1 N–H and O–H groups in total. The summed E-state index contributed by atoms with van der Waals surface area (Å²) < 4.78 is 43.5. The predicted molar refractivity (Wildman–Crippen MR) is 92.9 cm³/mol. The van der Waals surface area contributed by atoms with E-state index in [1.165, 1.54) is 48.7 Å². The molecule has 3 rings (SSSR count). The Morgan fingerprint density at radius 3 is 2.54 bits per heavy atom. The van der Waals surface area contributed by atoms with Gasteiger partial charge >= 0.3 is 0 Å². The Morgan fingerprint density at radius 2 is 1.96 bits per heavy atom. The van der Waals surface area contributed by atoms with Crippen molar-refractivity contribution in [3.05, 3.63) is 83.7 Å². The van der Waals surface area contributed by atoms with Gasteiger partial charge in [0, 0.05) is 19.4 Å². The van der Waals surface area contributed by atoms with Crippen LogP contribution in [0.5, 0.6) is 0 Å². The van der Waals surface area contributed by atoms with Gasteiger partial charge in [0.05, 0.1) is 16.5 Å². The number of aromatic nitrogens is 2. The Balaban J connectivity index is 2.02. The highest BCUT2D eigenvalue weighted by molar-refractivity contribution is 7.89. The first-order valence-corrected chi connectivity index (χ1v) is 9.14. The lowest BCUT2D eigenvalue weighted by Gasteiger charge is -2.19. The van der Waals surface area contributed by atoms with Crippen LogP contribution in [-0.4, -0.2) is 18.0 Å².